The summed E-state index contributed by atoms with van der Waals surface area (Å²) >= 11 is 0. The Morgan fingerprint density at radius 2 is 2.14 bits per heavy atom. The number of hydrogen-bond donors (Lipinski definition) is 2. The van der Waals surface area contributed by atoms with Crippen molar-refractivity contribution in [3.63, 3.8) is 0 Å². The van der Waals surface area contributed by atoms with Crippen molar-refractivity contribution in [2.45, 2.75) is 12.6 Å². The molecule has 0 fully saturated rings. The van der Waals surface area contributed by atoms with Crippen LogP contribution in [-0.4, -0.2) is 49.7 Å². The maximum Gasteiger partial charge on any atom is 0.311 e. The predicted octanol–water partition coefficient (Wildman–Crippen LogP) is 0.456. The molecule has 0 radical (unpaired) electrons. The summed E-state index contributed by atoms with van der Waals surface area (Å²) in [6.07, 6.45) is -0.879. The van der Waals surface area contributed by atoms with Gasteiger partial charge >= 0.3 is 5.69 Å². The quantitative estimate of drug-likeness (QED) is 0.366. The highest BCUT2D eigenvalue weighted by atomic mass is 16.6. The highest BCUT2D eigenvalue weighted by molar-refractivity contribution is 5.48. The van der Waals surface area contributed by atoms with Crippen LogP contribution in [0, 0.1) is 10.1 Å². The van der Waals surface area contributed by atoms with Gasteiger partial charge in [0.15, 0.2) is 5.75 Å². The van der Waals surface area contributed by atoms with Crippen molar-refractivity contribution in [3.8, 4) is 5.75 Å². The average Bonchev–Trinajstić information content (AvgIpc) is 2.49. The summed E-state index contributed by atoms with van der Waals surface area (Å²) in [6.45, 7) is 0.962. The summed E-state index contributed by atoms with van der Waals surface area (Å²) in [5, 5.41) is 20.6. The zero-order valence-corrected chi connectivity index (χ0v) is 11.9. The van der Waals surface area contributed by atoms with E-state index in [1.165, 1.54) is 12.1 Å². The van der Waals surface area contributed by atoms with Crippen LogP contribution in [-0.2, 0) is 16.0 Å². The Morgan fingerprint density at radius 1 is 1.38 bits per heavy atom. The van der Waals surface area contributed by atoms with Crippen LogP contribution in [0.3, 0.4) is 0 Å². The smallest absolute Gasteiger partial charge is 0.311 e. The van der Waals surface area contributed by atoms with Crippen LogP contribution in [0.1, 0.15) is 5.56 Å². The molecule has 0 aliphatic carbocycles. The van der Waals surface area contributed by atoms with E-state index in [1.54, 1.807) is 13.2 Å². The summed E-state index contributed by atoms with van der Waals surface area (Å²) in [6, 6.07) is 4.47. The number of aliphatic hydroxyl groups excluding tert-OH is 1. The van der Waals surface area contributed by atoms with Gasteiger partial charge in [-0.1, -0.05) is 6.07 Å². The summed E-state index contributed by atoms with van der Waals surface area (Å²) in [4.78, 5) is 10.4. The maximum absolute atomic E-state index is 11.0. The van der Waals surface area contributed by atoms with Crippen LogP contribution in [0.5, 0.6) is 5.75 Å². The van der Waals surface area contributed by atoms with E-state index in [0.717, 1.165) is 0 Å². The molecule has 118 valence electrons. The van der Waals surface area contributed by atoms with Crippen molar-refractivity contribution in [1.29, 1.82) is 0 Å². The summed E-state index contributed by atoms with van der Waals surface area (Å²) in [5.74, 6) is 0.0909. The van der Waals surface area contributed by atoms with Gasteiger partial charge in [0.05, 0.1) is 24.7 Å². The number of hydrogen-bond acceptors (Lipinski definition) is 7. The number of nitro benzene ring substituents is 1. The number of nitrogens with zero attached hydrogens (tertiary/aromatic N) is 1. The molecule has 1 aromatic carbocycles. The van der Waals surface area contributed by atoms with Crippen molar-refractivity contribution in [2.24, 2.45) is 5.73 Å². The monoisotopic (exact) mass is 300 g/mol. The lowest BCUT2D eigenvalue weighted by atomic mass is 10.2. The van der Waals surface area contributed by atoms with Crippen LogP contribution in [0.15, 0.2) is 18.2 Å². The molecule has 8 heteroatoms. The van der Waals surface area contributed by atoms with Gasteiger partial charge in [0, 0.05) is 19.7 Å². The Kier molecular flexibility index (Phi) is 7.62. The summed E-state index contributed by atoms with van der Waals surface area (Å²) < 4.78 is 15.2. The molecule has 0 saturated carbocycles. The third-order valence-electron chi connectivity index (χ3n) is 2.63. The molecule has 1 rings (SSSR count). The largest absolute Gasteiger partial charge is 0.484 e. The lowest BCUT2D eigenvalue weighted by Crippen LogP contribution is -2.24. The normalized spacial score (nSPS) is 12.1. The van der Waals surface area contributed by atoms with E-state index in [2.05, 4.69) is 0 Å². The Bertz CT molecular complexity index is 454. The molecule has 1 unspecified atom stereocenters. The van der Waals surface area contributed by atoms with Gasteiger partial charge in [-0.25, -0.2) is 0 Å². The zero-order valence-electron chi connectivity index (χ0n) is 11.9. The summed E-state index contributed by atoms with van der Waals surface area (Å²) in [5.41, 5.74) is 5.90. The Labute approximate surface area is 122 Å². The highest BCUT2D eigenvalue weighted by Gasteiger charge is 2.17. The molecule has 0 aliphatic heterocycles. The minimum Gasteiger partial charge on any atom is -0.484 e. The second-order valence-corrected chi connectivity index (χ2v) is 4.30. The SMILES string of the molecule is COCCOCC(O)COc1ccc(CN)cc1[N+](=O)[O-]. The van der Waals surface area contributed by atoms with Gasteiger partial charge in [0.25, 0.3) is 0 Å². The number of nitro groups is 1. The van der Waals surface area contributed by atoms with E-state index in [4.69, 9.17) is 19.9 Å². The first-order valence-electron chi connectivity index (χ1n) is 6.43. The van der Waals surface area contributed by atoms with Gasteiger partial charge in [0.1, 0.15) is 12.7 Å². The molecule has 1 atom stereocenters. The standard InChI is InChI=1S/C13H20N2O6/c1-19-4-5-20-8-11(16)9-21-13-3-2-10(7-14)6-12(13)15(17)18/h2-3,6,11,16H,4-5,7-9,14H2,1H3. The molecule has 1 aromatic rings. The fourth-order valence-electron chi connectivity index (χ4n) is 1.55. The molecule has 3 N–H and O–H groups in total. The number of ether oxygens (including phenoxy) is 3. The molecular formula is C13H20N2O6. The van der Waals surface area contributed by atoms with Crippen LogP contribution in [0.25, 0.3) is 0 Å². The number of rotatable bonds is 10. The van der Waals surface area contributed by atoms with E-state index in [0.29, 0.717) is 18.8 Å². The number of aliphatic hydroxyl groups is 1. The first-order valence-corrected chi connectivity index (χ1v) is 6.43. The molecule has 0 heterocycles. The third kappa shape index (κ3) is 6.05. The van der Waals surface area contributed by atoms with Gasteiger partial charge in [0.2, 0.25) is 0 Å². The van der Waals surface area contributed by atoms with E-state index in [-0.39, 0.29) is 31.2 Å². The van der Waals surface area contributed by atoms with Gasteiger partial charge in [-0.15, -0.1) is 0 Å². The molecular weight excluding hydrogens is 280 g/mol. The lowest BCUT2D eigenvalue weighted by molar-refractivity contribution is -0.386. The molecule has 0 aromatic heterocycles. The Morgan fingerprint density at radius 3 is 2.76 bits per heavy atom. The fraction of sp³-hybridized carbons (Fsp3) is 0.538. The van der Waals surface area contributed by atoms with Crippen LogP contribution < -0.4 is 10.5 Å². The van der Waals surface area contributed by atoms with Gasteiger partial charge in [-0.05, 0) is 11.6 Å². The Balaban J connectivity index is 2.52. The molecule has 0 spiro atoms. The number of methoxy groups -OCH3 is 1. The second kappa shape index (κ2) is 9.24. The van der Waals surface area contributed by atoms with Crippen molar-refractivity contribution < 1.29 is 24.2 Å². The number of nitrogens with two attached hydrogens (primary N) is 1. The zero-order chi connectivity index (χ0) is 15.7. The molecule has 8 nitrogen and oxygen atoms in total. The van der Waals surface area contributed by atoms with E-state index < -0.39 is 11.0 Å². The van der Waals surface area contributed by atoms with Crippen LogP contribution in [0.2, 0.25) is 0 Å². The molecule has 0 saturated heterocycles. The third-order valence-corrected chi connectivity index (χ3v) is 2.63. The minimum atomic E-state index is -0.879. The summed E-state index contributed by atoms with van der Waals surface area (Å²) in [7, 11) is 1.55. The van der Waals surface area contributed by atoms with Crippen LogP contribution in [0.4, 0.5) is 5.69 Å². The van der Waals surface area contributed by atoms with Crippen molar-refractivity contribution >= 4 is 5.69 Å². The minimum absolute atomic E-state index is 0.0675. The van der Waals surface area contributed by atoms with Crippen molar-refractivity contribution in [2.75, 3.05) is 33.5 Å². The van der Waals surface area contributed by atoms with Gasteiger partial charge < -0.3 is 25.1 Å². The van der Waals surface area contributed by atoms with Gasteiger partial charge in [-0.3, -0.25) is 10.1 Å². The van der Waals surface area contributed by atoms with Gasteiger partial charge in [-0.2, -0.15) is 0 Å². The first-order chi connectivity index (χ1) is 10.1. The van der Waals surface area contributed by atoms with E-state index in [9.17, 15) is 15.2 Å². The van der Waals surface area contributed by atoms with Crippen LogP contribution >= 0.6 is 0 Å². The fourth-order valence-corrected chi connectivity index (χ4v) is 1.55. The predicted molar refractivity (Wildman–Crippen MR) is 75.2 cm³/mol. The first kappa shape index (κ1) is 17.3. The molecule has 0 amide bonds. The molecule has 0 bridgehead atoms. The highest BCUT2D eigenvalue weighted by Crippen LogP contribution is 2.27. The Hall–Kier alpha value is -1.74. The average molecular weight is 300 g/mol. The maximum atomic E-state index is 11.0. The van der Waals surface area contributed by atoms with E-state index >= 15 is 0 Å². The van der Waals surface area contributed by atoms with E-state index in [1.807, 2.05) is 0 Å². The lowest BCUT2D eigenvalue weighted by Gasteiger charge is -2.13. The van der Waals surface area contributed by atoms with Crippen molar-refractivity contribution in [3.05, 3.63) is 33.9 Å². The van der Waals surface area contributed by atoms with Crippen molar-refractivity contribution in [1.82, 2.24) is 0 Å². The second-order valence-electron chi connectivity index (χ2n) is 4.30. The molecule has 21 heavy (non-hydrogen) atoms. The molecule has 0 aliphatic rings. The number of benzene rings is 1. The topological polar surface area (TPSA) is 117 Å².